The quantitative estimate of drug-likeness (QED) is 0.786. The molecule has 1 aromatic rings. The van der Waals surface area contributed by atoms with Crippen LogP contribution < -0.4 is 5.73 Å². The minimum atomic E-state index is 0.264. The highest BCUT2D eigenvalue weighted by Crippen LogP contribution is 2.18. The molecule has 2 rings (SSSR count). The molecule has 0 amide bonds. The molecule has 2 unspecified atom stereocenters. The fourth-order valence-corrected chi connectivity index (χ4v) is 2.33. The number of aromatic nitrogens is 1. The standard InChI is InChI=1S/C14H21N3/c1-2-17(10-12-5-7-16-8-6-12)11-13-3-4-14(15)9-13/h3-8,13-14H,2,9-11,15H2,1H3. The third-order valence-electron chi connectivity index (χ3n) is 3.30. The number of nitrogens with zero attached hydrogens (tertiary/aromatic N) is 2. The van der Waals surface area contributed by atoms with Gasteiger partial charge < -0.3 is 5.73 Å². The van der Waals surface area contributed by atoms with Gasteiger partial charge in [-0.2, -0.15) is 0 Å². The number of hydrogen-bond donors (Lipinski definition) is 1. The van der Waals surface area contributed by atoms with Crippen LogP contribution in [0.1, 0.15) is 18.9 Å². The number of pyridine rings is 1. The van der Waals surface area contributed by atoms with Crippen LogP contribution in [0.3, 0.4) is 0 Å². The van der Waals surface area contributed by atoms with Gasteiger partial charge in [-0.25, -0.2) is 0 Å². The van der Waals surface area contributed by atoms with Gasteiger partial charge in [-0.15, -0.1) is 0 Å². The van der Waals surface area contributed by atoms with Crippen molar-refractivity contribution in [3.63, 3.8) is 0 Å². The van der Waals surface area contributed by atoms with Crippen LogP contribution >= 0.6 is 0 Å². The zero-order valence-electron chi connectivity index (χ0n) is 10.4. The van der Waals surface area contributed by atoms with Gasteiger partial charge >= 0.3 is 0 Å². The molecule has 2 atom stereocenters. The van der Waals surface area contributed by atoms with Crippen molar-refractivity contribution in [1.82, 2.24) is 9.88 Å². The first-order chi connectivity index (χ1) is 8.28. The number of hydrogen-bond acceptors (Lipinski definition) is 3. The zero-order valence-corrected chi connectivity index (χ0v) is 10.4. The Morgan fingerprint density at radius 1 is 1.35 bits per heavy atom. The van der Waals surface area contributed by atoms with Gasteiger partial charge in [-0.3, -0.25) is 9.88 Å². The molecule has 0 spiro atoms. The second kappa shape index (κ2) is 5.94. The van der Waals surface area contributed by atoms with Gasteiger partial charge in [0, 0.05) is 31.5 Å². The molecule has 17 heavy (non-hydrogen) atoms. The summed E-state index contributed by atoms with van der Waals surface area (Å²) in [6.07, 6.45) is 9.20. The van der Waals surface area contributed by atoms with Crippen LogP contribution in [-0.2, 0) is 6.54 Å². The van der Waals surface area contributed by atoms with Crippen molar-refractivity contribution in [2.75, 3.05) is 13.1 Å². The summed E-state index contributed by atoms with van der Waals surface area (Å²) in [5.74, 6) is 0.617. The molecule has 0 aliphatic heterocycles. The Morgan fingerprint density at radius 2 is 2.12 bits per heavy atom. The molecule has 0 radical (unpaired) electrons. The maximum atomic E-state index is 5.88. The Morgan fingerprint density at radius 3 is 2.71 bits per heavy atom. The van der Waals surface area contributed by atoms with Crippen molar-refractivity contribution in [1.29, 1.82) is 0 Å². The Balaban J connectivity index is 1.87. The van der Waals surface area contributed by atoms with Crippen molar-refractivity contribution in [3.05, 3.63) is 42.2 Å². The van der Waals surface area contributed by atoms with E-state index in [4.69, 9.17) is 5.73 Å². The minimum Gasteiger partial charge on any atom is -0.324 e. The molecule has 0 fully saturated rings. The van der Waals surface area contributed by atoms with Crippen LogP contribution in [0.4, 0.5) is 0 Å². The first kappa shape index (κ1) is 12.3. The molecule has 0 saturated carbocycles. The highest BCUT2D eigenvalue weighted by molar-refractivity contribution is 5.10. The van der Waals surface area contributed by atoms with E-state index in [9.17, 15) is 0 Å². The molecule has 0 saturated heterocycles. The van der Waals surface area contributed by atoms with E-state index < -0.39 is 0 Å². The largest absolute Gasteiger partial charge is 0.324 e. The van der Waals surface area contributed by atoms with Crippen molar-refractivity contribution >= 4 is 0 Å². The molecular weight excluding hydrogens is 210 g/mol. The van der Waals surface area contributed by atoms with E-state index in [-0.39, 0.29) is 6.04 Å². The lowest BCUT2D eigenvalue weighted by Crippen LogP contribution is -2.29. The summed E-state index contributed by atoms with van der Waals surface area (Å²) < 4.78 is 0. The summed E-state index contributed by atoms with van der Waals surface area (Å²) in [6, 6.07) is 4.43. The second-order valence-electron chi connectivity index (χ2n) is 4.73. The maximum absolute atomic E-state index is 5.88. The number of rotatable bonds is 5. The topological polar surface area (TPSA) is 42.2 Å². The fraction of sp³-hybridized carbons (Fsp3) is 0.500. The van der Waals surface area contributed by atoms with Crippen molar-refractivity contribution < 1.29 is 0 Å². The van der Waals surface area contributed by atoms with Gasteiger partial charge in [0.1, 0.15) is 0 Å². The zero-order chi connectivity index (χ0) is 12.1. The summed E-state index contributed by atoms with van der Waals surface area (Å²) in [4.78, 5) is 6.51. The summed E-state index contributed by atoms with van der Waals surface area (Å²) in [5.41, 5.74) is 7.21. The predicted molar refractivity (Wildman–Crippen MR) is 70.4 cm³/mol. The highest BCUT2D eigenvalue weighted by Gasteiger charge is 2.18. The van der Waals surface area contributed by atoms with Gasteiger partial charge in [0.05, 0.1) is 0 Å². The smallest absolute Gasteiger partial charge is 0.0271 e. The number of nitrogens with two attached hydrogens (primary N) is 1. The van der Waals surface area contributed by atoms with E-state index in [0.29, 0.717) is 5.92 Å². The van der Waals surface area contributed by atoms with Crippen LogP contribution in [0.2, 0.25) is 0 Å². The SMILES string of the molecule is CCN(Cc1ccncc1)CC1C=CC(N)C1. The molecule has 0 bridgehead atoms. The molecule has 92 valence electrons. The average molecular weight is 231 g/mol. The summed E-state index contributed by atoms with van der Waals surface area (Å²) in [6.45, 7) is 5.38. The lowest BCUT2D eigenvalue weighted by Gasteiger charge is -2.23. The highest BCUT2D eigenvalue weighted by atomic mass is 15.1. The summed E-state index contributed by atoms with van der Waals surface area (Å²) >= 11 is 0. The van der Waals surface area contributed by atoms with E-state index in [1.54, 1.807) is 0 Å². The normalized spacial score (nSPS) is 23.5. The second-order valence-corrected chi connectivity index (χ2v) is 4.73. The monoisotopic (exact) mass is 231 g/mol. The van der Waals surface area contributed by atoms with Gasteiger partial charge in [-0.05, 0) is 36.6 Å². The van der Waals surface area contributed by atoms with Crippen molar-refractivity contribution in [3.8, 4) is 0 Å². The van der Waals surface area contributed by atoms with Gasteiger partial charge in [0.15, 0.2) is 0 Å². The molecular formula is C14H21N3. The lowest BCUT2D eigenvalue weighted by atomic mass is 10.1. The third kappa shape index (κ3) is 3.65. The molecule has 0 aromatic carbocycles. The van der Waals surface area contributed by atoms with Crippen LogP contribution in [-0.4, -0.2) is 29.0 Å². The molecule has 1 aliphatic carbocycles. The summed E-state index contributed by atoms with van der Waals surface area (Å²) in [5, 5.41) is 0. The van der Waals surface area contributed by atoms with E-state index in [2.05, 4.69) is 41.1 Å². The molecule has 3 heteroatoms. The van der Waals surface area contributed by atoms with Crippen molar-refractivity contribution in [2.24, 2.45) is 11.7 Å². The molecule has 1 aromatic heterocycles. The first-order valence-corrected chi connectivity index (χ1v) is 6.33. The minimum absolute atomic E-state index is 0.264. The Kier molecular flexibility index (Phi) is 4.29. The fourth-order valence-electron chi connectivity index (χ4n) is 2.33. The van der Waals surface area contributed by atoms with Gasteiger partial charge in [0.2, 0.25) is 0 Å². The Hall–Kier alpha value is -1.19. The van der Waals surface area contributed by atoms with Crippen LogP contribution in [0.25, 0.3) is 0 Å². The van der Waals surface area contributed by atoms with Gasteiger partial charge in [-0.1, -0.05) is 19.1 Å². The predicted octanol–water partition coefficient (Wildman–Crippen LogP) is 1.81. The molecule has 1 heterocycles. The van der Waals surface area contributed by atoms with Gasteiger partial charge in [0.25, 0.3) is 0 Å². The van der Waals surface area contributed by atoms with E-state index in [1.165, 1.54) is 5.56 Å². The summed E-state index contributed by atoms with van der Waals surface area (Å²) in [7, 11) is 0. The Labute approximate surface area is 103 Å². The average Bonchev–Trinajstić information content (AvgIpc) is 2.75. The van der Waals surface area contributed by atoms with Crippen LogP contribution in [0.5, 0.6) is 0 Å². The van der Waals surface area contributed by atoms with Crippen molar-refractivity contribution in [2.45, 2.75) is 25.9 Å². The first-order valence-electron chi connectivity index (χ1n) is 6.33. The van der Waals surface area contributed by atoms with E-state index >= 15 is 0 Å². The van der Waals surface area contributed by atoms with E-state index in [1.807, 2.05) is 12.4 Å². The van der Waals surface area contributed by atoms with Crippen LogP contribution in [0, 0.1) is 5.92 Å². The van der Waals surface area contributed by atoms with Crippen LogP contribution in [0.15, 0.2) is 36.7 Å². The molecule has 2 N–H and O–H groups in total. The lowest BCUT2D eigenvalue weighted by molar-refractivity contribution is 0.249. The van der Waals surface area contributed by atoms with E-state index in [0.717, 1.165) is 26.1 Å². The maximum Gasteiger partial charge on any atom is 0.0271 e. The molecule has 3 nitrogen and oxygen atoms in total. The molecule has 1 aliphatic rings. The third-order valence-corrected chi connectivity index (χ3v) is 3.30. The Bertz CT molecular complexity index is 361.